The second kappa shape index (κ2) is 8.51. The molecule has 0 unspecified atom stereocenters. The number of hydrogen-bond acceptors (Lipinski definition) is 6. The predicted octanol–water partition coefficient (Wildman–Crippen LogP) is 2.08. The quantitative estimate of drug-likeness (QED) is 0.764. The van der Waals surface area contributed by atoms with Crippen LogP contribution in [-0.4, -0.2) is 37.7 Å². The lowest BCUT2D eigenvalue weighted by Gasteiger charge is -2.30. The zero-order valence-corrected chi connectivity index (χ0v) is 15.9. The molecule has 8 heteroatoms. The Labute approximate surface area is 162 Å². The molecule has 8 nitrogen and oxygen atoms in total. The number of nitrogens with one attached hydrogen (secondary N) is 2. The van der Waals surface area contributed by atoms with Crippen molar-refractivity contribution in [3.8, 4) is 23.0 Å². The van der Waals surface area contributed by atoms with Gasteiger partial charge in [-0.1, -0.05) is 12.1 Å². The third-order valence-electron chi connectivity index (χ3n) is 4.13. The van der Waals surface area contributed by atoms with E-state index >= 15 is 0 Å². The van der Waals surface area contributed by atoms with Crippen molar-refractivity contribution in [2.75, 3.05) is 13.7 Å². The monoisotopic (exact) mass is 386 g/mol. The molecule has 0 saturated carbocycles. The van der Waals surface area contributed by atoms with Crippen LogP contribution in [0, 0.1) is 0 Å². The summed E-state index contributed by atoms with van der Waals surface area (Å²) in [7, 11) is 1.49. The van der Waals surface area contributed by atoms with Crippen molar-refractivity contribution < 1.29 is 28.5 Å². The Balaban J connectivity index is 1.62. The molecular formula is C20H22N2O6. The Morgan fingerprint density at radius 3 is 2.43 bits per heavy atom. The van der Waals surface area contributed by atoms with Crippen LogP contribution in [0.4, 0.5) is 0 Å². The summed E-state index contributed by atoms with van der Waals surface area (Å²) >= 11 is 0. The summed E-state index contributed by atoms with van der Waals surface area (Å²) in [6.07, 6.45) is -1.41. The van der Waals surface area contributed by atoms with Gasteiger partial charge in [0.2, 0.25) is 6.10 Å². The summed E-state index contributed by atoms with van der Waals surface area (Å²) < 4.78 is 22.0. The van der Waals surface area contributed by atoms with E-state index in [0.717, 1.165) is 0 Å². The van der Waals surface area contributed by atoms with E-state index in [1.54, 1.807) is 37.3 Å². The largest absolute Gasteiger partial charge is 0.493 e. The maximum Gasteiger partial charge on any atom is 0.283 e. The zero-order chi connectivity index (χ0) is 20.1. The van der Waals surface area contributed by atoms with Gasteiger partial charge in [-0.2, -0.15) is 0 Å². The molecule has 0 bridgehead atoms. The highest BCUT2D eigenvalue weighted by Crippen LogP contribution is 2.33. The maximum absolute atomic E-state index is 12.4. The SMILES string of the molecule is CCOc1ccc(C(=O)NNC(=O)[C@H]2Oc3ccccc3O[C@@H]2C)cc1OC. The zero-order valence-electron chi connectivity index (χ0n) is 15.9. The summed E-state index contributed by atoms with van der Waals surface area (Å²) in [6.45, 7) is 4.05. The normalized spacial score (nSPS) is 17.4. The minimum atomic E-state index is -0.898. The third kappa shape index (κ3) is 4.11. The minimum absolute atomic E-state index is 0.305. The molecule has 0 spiro atoms. The Morgan fingerprint density at radius 2 is 1.75 bits per heavy atom. The van der Waals surface area contributed by atoms with Crippen LogP contribution in [0.2, 0.25) is 0 Å². The van der Waals surface area contributed by atoms with Crippen LogP contribution in [0.25, 0.3) is 0 Å². The van der Waals surface area contributed by atoms with Gasteiger partial charge >= 0.3 is 0 Å². The summed E-state index contributed by atoms with van der Waals surface area (Å²) in [5.74, 6) is 0.988. The van der Waals surface area contributed by atoms with Crippen LogP contribution in [-0.2, 0) is 4.79 Å². The number of fused-ring (bicyclic) bond motifs is 1. The molecule has 2 aromatic carbocycles. The van der Waals surface area contributed by atoms with Crippen molar-refractivity contribution >= 4 is 11.8 Å². The lowest BCUT2D eigenvalue weighted by atomic mass is 10.1. The molecule has 3 rings (SSSR count). The van der Waals surface area contributed by atoms with Crippen LogP contribution in [0.1, 0.15) is 24.2 Å². The Bertz CT molecular complexity index is 870. The number of amides is 2. The molecular weight excluding hydrogens is 364 g/mol. The van der Waals surface area contributed by atoms with E-state index in [-0.39, 0.29) is 0 Å². The van der Waals surface area contributed by atoms with Crippen molar-refractivity contribution in [3.63, 3.8) is 0 Å². The second-order valence-electron chi connectivity index (χ2n) is 6.05. The predicted molar refractivity (Wildman–Crippen MR) is 101 cm³/mol. The van der Waals surface area contributed by atoms with Crippen LogP contribution < -0.4 is 29.8 Å². The Kier molecular flexibility index (Phi) is 5.88. The molecule has 0 aromatic heterocycles. The maximum atomic E-state index is 12.4. The Morgan fingerprint density at radius 1 is 1.04 bits per heavy atom. The molecule has 2 atom stereocenters. The van der Waals surface area contributed by atoms with E-state index in [4.69, 9.17) is 18.9 Å². The van der Waals surface area contributed by atoms with E-state index in [1.807, 2.05) is 13.0 Å². The van der Waals surface area contributed by atoms with E-state index in [1.165, 1.54) is 13.2 Å². The molecule has 1 heterocycles. The molecule has 0 aliphatic carbocycles. The number of carbonyl (C=O) groups excluding carboxylic acids is 2. The summed E-state index contributed by atoms with van der Waals surface area (Å²) in [5, 5.41) is 0. The summed E-state index contributed by atoms with van der Waals surface area (Å²) in [6, 6.07) is 11.8. The van der Waals surface area contributed by atoms with Crippen molar-refractivity contribution in [1.29, 1.82) is 0 Å². The van der Waals surface area contributed by atoms with Gasteiger partial charge in [0, 0.05) is 5.56 Å². The molecule has 0 fully saturated rings. The molecule has 0 radical (unpaired) electrons. The number of hydrogen-bond donors (Lipinski definition) is 2. The van der Waals surface area contributed by atoms with Gasteiger partial charge in [0.15, 0.2) is 23.0 Å². The number of hydrazine groups is 1. The van der Waals surface area contributed by atoms with Crippen molar-refractivity contribution in [2.45, 2.75) is 26.1 Å². The molecule has 2 N–H and O–H groups in total. The molecule has 2 aromatic rings. The number of rotatable bonds is 5. The fraction of sp³-hybridized carbons (Fsp3) is 0.300. The highest BCUT2D eigenvalue weighted by molar-refractivity contribution is 5.96. The van der Waals surface area contributed by atoms with Gasteiger partial charge < -0.3 is 18.9 Å². The van der Waals surface area contributed by atoms with Crippen LogP contribution >= 0.6 is 0 Å². The molecule has 28 heavy (non-hydrogen) atoms. The van der Waals surface area contributed by atoms with Crippen molar-refractivity contribution in [2.24, 2.45) is 0 Å². The number of benzene rings is 2. The molecule has 148 valence electrons. The Hall–Kier alpha value is -3.42. The van der Waals surface area contributed by atoms with Gasteiger partial charge in [-0.25, -0.2) is 0 Å². The molecule has 1 aliphatic rings. The first-order valence-electron chi connectivity index (χ1n) is 8.86. The molecule has 1 aliphatic heterocycles. The standard InChI is InChI=1S/C20H22N2O6/c1-4-26-14-10-9-13(11-17(14)25-3)19(23)21-22-20(24)18-12(2)27-15-7-5-6-8-16(15)28-18/h5-12,18H,4H2,1-3H3,(H,21,23)(H,22,24)/t12-,18+/m1/s1. The van der Waals surface area contributed by atoms with Crippen molar-refractivity contribution in [1.82, 2.24) is 10.9 Å². The van der Waals surface area contributed by atoms with Gasteiger partial charge in [0.05, 0.1) is 13.7 Å². The number of ether oxygens (including phenoxy) is 4. The highest BCUT2D eigenvalue weighted by Gasteiger charge is 2.34. The smallest absolute Gasteiger partial charge is 0.283 e. The number of methoxy groups -OCH3 is 1. The summed E-state index contributed by atoms with van der Waals surface area (Å²) in [4.78, 5) is 24.8. The van der Waals surface area contributed by atoms with Gasteiger partial charge in [-0.3, -0.25) is 20.4 Å². The minimum Gasteiger partial charge on any atom is -0.493 e. The van der Waals surface area contributed by atoms with Gasteiger partial charge in [0.25, 0.3) is 11.8 Å². The first kappa shape index (κ1) is 19.3. The fourth-order valence-electron chi connectivity index (χ4n) is 2.75. The van der Waals surface area contributed by atoms with Gasteiger partial charge in [-0.15, -0.1) is 0 Å². The first-order chi connectivity index (χ1) is 13.5. The lowest BCUT2D eigenvalue weighted by molar-refractivity contribution is -0.134. The summed E-state index contributed by atoms with van der Waals surface area (Å²) in [5.41, 5.74) is 5.05. The van der Waals surface area contributed by atoms with E-state index in [0.29, 0.717) is 35.2 Å². The van der Waals surface area contributed by atoms with Gasteiger partial charge in [0.1, 0.15) is 6.10 Å². The van der Waals surface area contributed by atoms with E-state index in [2.05, 4.69) is 10.9 Å². The molecule has 0 saturated heterocycles. The van der Waals surface area contributed by atoms with Gasteiger partial charge in [-0.05, 0) is 44.2 Å². The second-order valence-corrected chi connectivity index (χ2v) is 6.05. The average Bonchev–Trinajstić information content (AvgIpc) is 2.71. The fourth-order valence-corrected chi connectivity index (χ4v) is 2.75. The molecule has 2 amide bonds. The van der Waals surface area contributed by atoms with Crippen LogP contribution in [0.15, 0.2) is 42.5 Å². The third-order valence-corrected chi connectivity index (χ3v) is 4.13. The van der Waals surface area contributed by atoms with E-state index < -0.39 is 24.0 Å². The van der Waals surface area contributed by atoms with Crippen molar-refractivity contribution in [3.05, 3.63) is 48.0 Å². The van der Waals surface area contributed by atoms with Crippen LogP contribution in [0.5, 0.6) is 23.0 Å². The van der Waals surface area contributed by atoms with Crippen LogP contribution in [0.3, 0.4) is 0 Å². The lowest BCUT2D eigenvalue weighted by Crippen LogP contribution is -2.53. The average molecular weight is 386 g/mol. The number of para-hydroxylation sites is 2. The van der Waals surface area contributed by atoms with E-state index in [9.17, 15) is 9.59 Å². The first-order valence-corrected chi connectivity index (χ1v) is 8.86. The topological polar surface area (TPSA) is 95.1 Å². The highest BCUT2D eigenvalue weighted by atomic mass is 16.6. The number of carbonyl (C=O) groups is 2.